The average Bonchev–Trinajstić information content (AvgIpc) is 3.19. The van der Waals surface area contributed by atoms with Crippen LogP contribution in [-0.4, -0.2) is 67.6 Å². The zero-order valence-corrected chi connectivity index (χ0v) is 19.4. The molecule has 31 heavy (non-hydrogen) atoms. The quantitative estimate of drug-likeness (QED) is 0.635. The van der Waals surface area contributed by atoms with Crippen molar-refractivity contribution in [2.75, 3.05) is 51.6 Å². The largest absolute Gasteiger partial charge is 0.473 e. The van der Waals surface area contributed by atoms with E-state index in [0.717, 1.165) is 31.7 Å². The number of piperidine rings is 1. The molecule has 2 aromatic rings. The van der Waals surface area contributed by atoms with Crippen molar-refractivity contribution in [1.29, 1.82) is 5.26 Å². The van der Waals surface area contributed by atoms with Gasteiger partial charge in [0.2, 0.25) is 5.88 Å². The number of aromatic nitrogens is 2. The summed E-state index contributed by atoms with van der Waals surface area (Å²) in [6.07, 6.45) is 4.44. The Balaban J connectivity index is 1.65. The van der Waals surface area contributed by atoms with Gasteiger partial charge < -0.3 is 19.3 Å². The molecule has 4 rings (SSSR count). The first-order valence-corrected chi connectivity index (χ1v) is 11.8. The van der Waals surface area contributed by atoms with Gasteiger partial charge in [-0.05, 0) is 43.5 Å². The van der Waals surface area contributed by atoms with Crippen molar-refractivity contribution < 1.29 is 9.47 Å². The van der Waals surface area contributed by atoms with Crippen LogP contribution in [0.4, 0.5) is 11.5 Å². The van der Waals surface area contributed by atoms with Gasteiger partial charge in [0.15, 0.2) is 11.4 Å². The van der Waals surface area contributed by atoms with Gasteiger partial charge in [0.05, 0.1) is 6.61 Å². The molecular formula is C23H29N5O2S. The molecule has 3 heterocycles. The van der Waals surface area contributed by atoms with Crippen molar-refractivity contribution in [2.45, 2.75) is 24.3 Å². The smallest absolute Gasteiger partial charge is 0.237 e. The van der Waals surface area contributed by atoms with Gasteiger partial charge in [-0.3, -0.25) is 0 Å². The molecule has 7 nitrogen and oxygen atoms in total. The topological polar surface area (TPSA) is 74.5 Å². The van der Waals surface area contributed by atoms with Crippen molar-refractivity contribution >= 4 is 23.3 Å². The first kappa shape index (κ1) is 21.9. The molecule has 1 fully saturated rings. The Labute approximate surface area is 188 Å². The minimum atomic E-state index is -0.0685. The summed E-state index contributed by atoms with van der Waals surface area (Å²) in [6, 6.07) is 8.77. The summed E-state index contributed by atoms with van der Waals surface area (Å²) in [4.78, 5) is 14.5. The summed E-state index contributed by atoms with van der Waals surface area (Å²) in [5.41, 5.74) is 2.77. The summed E-state index contributed by atoms with van der Waals surface area (Å²) in [7, 11) is 3.83. The van der Waals surface area contributed by atoms with Crippen LogP contribution in [0, 0.1) is 23.2 Å². The number of thioether (sulfide) groups is 1. The highest BCUT2D eigenvalue weighted by Gasteiger charge is 2.36. The number of anilines is 2. The third kappa shape index (κ3) is 4.36. The van der Waals surface area contributed by atoms with Crippen molar-refractivity contribution in [3.8, 4) is 11.9 Å². The minimum absolute atomic E-state index is 0.0685. The predicted molar refractivity (Wildman–Crippen MR) is 122 cm³/mol. The van der Waals surface area contributed by atoms with Gasteiger partial charge in [0.25, 0.3) is 0 Å². The number of hydrogen-bond donors (Lipinski definition) is 0. The second-order valence-corrected chi connectivity index (χ2v) is 9.26. The van der Waals surface area contributed by atoms with Crippen LogP contribution in [-0.2, 0) is 11.2 Å². The Bertz CT molecular complexity index is 979. The molecule has 2 aliphatic rings. The maximum Gasteiger partial charge on any atom is 0.237 e. The molecule has 1 saturated heterocycles. The number of ether oxygens (including phenoxy) is 2. The lowest BCUT2D eigenvalue weighted by Crippen LogP contribution is -2.51. The van der Waals surface area contributed by atoms with E-state index in [2.05, 4.69) is 64.3 Å². The van der Waals surface area contributed by atoms with E-state index in [1.165, 1.54) is 16.8 Å². The number of hydrogen-bond acceptors (Lipinski definition) is 8. The molecule has 0 bridgehead atoms. The highest BCUT2D eigenvalue weighted by atomic mass is 32.2. The average molecular weight is 440 g/mol. The lowest BCUT2D eigenvalue weighted by atomic mass is 9.87. The molecule has 0 amide bonds. The van der Waals surface area contributed by atoms with Crippen LogP contribution in [0.1, 0.15) is 18.1 Å². The Hall–Kier alpha value is -2.34. The van der Waals surface area contributed by atoms with E-state index in [-0.39, 0.29) is 12.0 Å². The van der Waals surface area contributed by atoms with Crippen LogP contribution in [0.2, 0.25) is 0 Å². The van der Waals surface area contributed by atoms with Crippen molar-refractivity contribution in [3.63, 3.8) is 0 Å². The maximum absolute atomic E-state index is 10.0. The van der Waals surface area contributed by atoms with Crippen molar-refractivity contribution in [3.05, 3.63) is 35.7 Å². The molecule has 8 heteroatoms. The first-order chi connectivity index (χ1) is 15.0. The second kappa shape index (κ2) is 9.43. The Morgan fingerprint density at radius 1 is 1.29 bits per heavy atom. The predicted octanol–water partition coefficient (Wildman–Crippen LogP) is 3.36. The van der Waals surface area contributed by atoms with E-state index < -0.39 is 0 Å². The SMILES string of the molecule is COCC1CN(C)CC(C)C1Oc1ncnc(N2CCc3cc(SC)ccc32)c1C#N. The number of nitriles is 1. The molecule has 1 aromatic carbocycles. The Kier molecular flexibility index (Phi) is 6.65. The number of fused-ring (bicyclic) bond motifs is 1. The van der Waals surface area contributed by atoms with E-state index >= 15 is 0 Å². The van der Waals surface area contributed by atoms with Gasteiger partial charge in [0, 0.05) is 49.2 Å². The zero-order valence-electron chi connectivity index (χ0n) is 18.5. The maximum atomic E-state index is 10.0. The van der Waals surface area contributed by atoms with E-state index in [0.29, 0.717) is 29.8 Å². The van der Waals surface area contributed by atoms with Crippen LogP contribution < -0.4 is 9.64 Å². The standard InChI is InChI=1S/C23H29N5O2S/c1-15-11-27(2)12-17(13-29-3)21(15)30-23-19(10-24)22(25-14-26-23)28-8-7-16-9-18(31-4)5-6-20(16)28/h5-6,9,14-15,17,21H,7-8,11-13H2,1-4H3. The molecular weight excluding hydrogens is 410 g/mol. The Morgan fingerprint density at radius 3 is 2.87 bits per heavy atom. The van der Waals surface area contributed by atoms with E-state index in [1.807, 2.05) is 0 Å². The molecule has 2 aliphatic heterocycles. The number of likely N-dealkylation sites (tertiary alicyclic amines) is 1. The zero-order chi connectivity index (χ0) is 22.0. The van der Waals surface area contributed by atoms with E-state index in [9.17, 15) is 5.26 Å². The van der Waals surface area contributed by atoms with Crippen LogP contribution in [0.25, 0.3) is 0 Å². The second-order valence-electron chi connectivity index (χ2n) is 8.38. The summed E-state index contributed by atoms with van der Waals surface area (Å²) >= 11 is 1.74. The van der Waals surface area contributed by atoms with E-state index in [4.69, 9.17) is 9.47 Å². The number of nitrogens with zero attached hydrogens (tertiary/aromatic N) is 5. The van der Waals surface area contributed by atoms with Crippen LogP contribution >= 0.6 is 11.8 Å². The minimum Gasteiger partial charge on any atom is -0.473 e. The molecule has 1 aromatic heterocycles. The molecule has 0 spiro atoms. The highest BCUT2D eigenvalue weighted by Crippen LogP contribution is 2.39. The number of rotatable bonds is 6. The highest BCUT2D eigenvalue weighted by molar-refractivity contribution is 7.98. The van der Waals surface area contributed by atoms with Gasteiger partial charge in [0.1, 0.15) is 18.5 Å². The molecule has 164 valence electrons. The van der Waals surface area contributed by atoms with Gasteiger partial charge in [-0.1, -0.05) is 6.92 Å². The normalized spacial score (nSPS) is 23.5. The van der Waals surface area contributed by atoms with Gasteiger partial charge in [-0.25, -0.2) is 9.97 Å². The number of benzene rings is 1. The van der Waals surface area contributed by atoms with Gasteiger partial charge in [-0.2, -0.15) is 5.26 Å². The summed E-state index contributed by atoms with van der Waals surface area (Å²) < 4.78 is 11.9. The van der Waals surface area contributed by atoms with Crippen LogP contribution in [0.3, 0.4) is 0 Å². The summed E-state index contributed by atoms with van der Waals surface area (Å²) in [6.45, 7) is 5.39. The van der Waals surface area contributed by atoms with Crippen LogP contribution in [0.5, 0.6) is 5.88 Å². The molecule has 0 saturated carbocycles. The van der Waals surface area contributed by atoms with Gasteiger partial charge in [-0.15, -0.1) is 11.8 Å². The summed E-state index contributed by atoms with van der Waals surface area (Å²) in [5, 5.41) is 10.0. The monoisotopic (exact) mass is 439 g/mol. The lowest BCUT2D eigenvalue weighted by Gasteiger charge is -2.40. The molecule has 0 N–H and O–H groups in total. The lowest BCUT2D eigenvalue weighted by molar-refractivity contribution is -0.0240. The summed E-state index contributed by atoms with van der Waals surface area (Å²) in [5.74, 6) is 1.48. The number of methoxy groups -OCH3 is 1. The third-order valence-corrected chi connectivity index (χ3v) is 6.87. The Morgan fingerprint density at radius 2 is 2.13 bits per heavy atom. The fourth-order valence-electron chi connectivity index (χ4n) is 4.82. The van der Waals surface area contributed by atoms with Crippen LogP contribution in [0.15, 0.2) is 29.4 Å². The molecule has 3 atom stereocenters. The molecule has 0 radical (unpaired) electrons. The fourth-order valence-corrected chi connectivity index (χ4v) is 5.28. The molecule has 0 aliphatic carbocycles. The molecule has 3 unspecified atom stereocenters. The van der Waals surface area contributed by atoms with Gasteiger partial charge >= 0.3 is 0 Å². The fraction of sp³-hybridized carbons (Fsp3) is 0.522. The first-order valence-electron chi connectivity index (χ1n) is 10.6. The van der Waals surface area contributed by atoms with Crippen molar-refractivity contribution in [1.82, 2.24) is 14.9 Å². The van der Waals surface area contributed by atoms with Crippen molar-refractivity contribution in [2.24, 2.45) is 11.8 Å². The van der Waals surface area contributed by atoms with E-state index in [1.54, 1.807) is 18.9 Å². The third-order valence-electron chi connectivity index (χ3n) is 6.14.